The molecule has 2 rings (SSSR count). The maximum atomic E-state index is 11.4. The maximum absolute atomic E-state index is 11.4. The lowest BCUT2D eigenvalue weighted by molar-refractivity contribution is 0.104. The highest BCUT2D eigenvalue weighted by molar-refractivity contribution is 6.18. The topological polar surface area (TPSA) is 38.3 Å². The molecule has 0 aromatic heterocycles. The minimum atomic E-state index is -0.0612. The van der Waals surface area contributed by atoms with E-state index in [0.29, 0.717) is 17.0 Å². The van der Waals surface area contributed by atoms with E-state index in [1.807, 2.05) is 6.07 Å². The number of nitrogens with one attached hydrogen (secondary N) is 1. The summed E-state index contributed by atoms with van der Waals surface area (Å²) in [6.07, 6.45) is 0. The summed E-state index contributed by atoms with van der Waals surface area (Å²) in [5, 5.41) is 2.90. The Kier molecular flexibility index (Phi) is 1.59. The van der Waals surface area contributed by atoms with Gasteiger partial charge in [-0.05, 0) is 18.2 Å². The number of carbonyl (C=O) groups is 1. The number of hydrogen-bond acceptors (Lipinski definition) is 3. The Morgan fingerprint density at radius 3 is 2.92 bits per heavy atom. The van der Waals surface area contributed by atoms with Crippen LogP contribution in [0.1, 0.15) is 10.4 Å². The fourth-order valence-electron chi connectivity index (χ4n) is 1.33. The SMILES string of the molecule is C=C1Nc2ccc(OC)cc2C1=O. The first kappa shape index (κ1) is 7.86. The first-order valence-corrected chi connectivity index (χ1v) is 3.91. The first-order valence-electron chi connectivity index (χ1n) is 3.91. The van der Waals surface area contributed by atoms with Crippen molar-refractivity contribution in [2.24, 2.45) is 0 Å². The zero-order chi connectivity index (χ0) is 9.42. The van der Waals surface area contributed by atoms with Crippen LogP contribution in [-0.4, -0.2) is 12.9 Å². The number of rotatable bonds is 1. The zero-order valence-electron chi connectivity index (χ0n) is 7.26. The van der Waals surface area contributed by atoms with E-state index in [2.05, 4.69) is 11.9 Å². The third-order valence-corrected chi connectivity index (χ3v) is 2.03. The van der Waals surface area contributed by atoms with Gasteiger partial charge in [0.1, 0.15) is 5.75 Å². The summed E-state index contributed by atoms with van der Waals surface area (Å²) in [5.74, 6) is 0.623. The summed E-state index contributed by atoms with van der Waals surface area (Å²) >= 11 is 0. The van der Waals surface area contributed by atoms with Crippen molar-refractivity contribution < 1.29 is 9.53 Å². The molecule has 0 saturated heterocycles. The Morgan fingerprint density at radius 1 is 1.46 bits per heavy atom. The van der Waals surface area contributed by atoms with Gasteiger partial charge in [0.2, 0.25) is 5.78 Å². The Balaban J connectivity index is 2.54. The molecule has 0 saturated carbocycles. The second-order valence-electron chi connectivity index (χ2n) is 2.84. The molecule has 1 aromatic rings. The van der Waals surface area contributed by atoms with Crippen LogP contribution in [0.4, 0.5) is 5.69 Å². The number of benzene rings is 1. The number of anilines is 1. The van der Waals surface area contributed by atoms with E-state index in [1.165, 1.54) is 0 Å². The molecule has 3 heteroatoms. The smallest absolute Gasteiger partial charge is 0.210 e. The van der Waals surface area contributed by atoms with Crippen LogP contribution in [-0.2, 0) is 0 Å². The van der Waals surface area contributed by atoms with E-state index in [-0.39, 0.29) is 5.78 Å². The van der Waals surface area contributed by atoms with Crippen molar-refractivity contribution in [3.63, 3.8) is 0 Å². The number of Topliss-reactive ketones (excluding diaryl/α,β-unsaturated/α-hetero) is 1. The summed E-state index contributed by atoms with van der Waals surface area (Å²) in [6, 6.07) is 5.32. The largest absolute Gasteiger partial charge is 0.497 e. The van der Waals surface area contributed by atoms with Gasteiger partial charge in [0.05, 0.1) is 24.1 Å². The minimum absolute atomic E-state index is 0.0612. The molecule has 0 atom stereocenters. The number of carbonyl (C=O) groups excluding carboxylic acids is 1. The molecule has 3 nitrogen and oxygen atoms in total. The highest BCUT2D eigenvalue weighted by Gasteiger charge is 2.22. The fourth-order valence-corrected chi connectivity index (χ4v) is 1.33. The molecular formula is C10H9NO2. The molecule has 13 heavy (non-hydrogen) atoms. The molecule has 66 valence electrons. The lowest BCUT2D eigenvalue weighted by Crippen LogP contribution is -1.96. The highest BCUT2D eigenvalue weighted by Crippen LogP contribution is 2.30. The van der Waals surface area contributed by atoms with Crippen molar-refractivity contribution in [2.75, 3.05) is 12.4 Å². The monoisotopic (exact) mass is 175 g/mol. The van der Waals surface area contributed by atoms with E-state index >= 15 is 0 Å². The molecule has 0 spiro atoms. The van der Waals surface area contributed by atoms with Gasteiger partial charge in [-0.3, -0.25) is 4.79 Å². The molecule has 0 bridgehead atoms. The molecule has 1 aromatic carbocycles. The van der Waals surface area contributed by atoms with Gasteiger partial charge in [-0.15, -0.1) is 0 Å². The van der Waals surface area contributed by atoms with Crippen LogP contribution in [0.15, 0.2) is 30.5 Å². The molecule has 0 aliphatic carbocycles. The fraction of sp³-hybridized carbons (Fsp3) is 0.100. The van der Waals surface area contributed by atoms with Crippen LogP contribution in [0.3, 0.4) is 0 Å². The average molecular weight is 175 g/mol. The van der Waals surface area contributed by atoms with E-state index < -0.39 is 0 Å². The summed E-state index contributed by atoms with van der Waals surface area (Å²) < 4.78 is 5.01. The molecule has 1 N–H and O–H groups in total. The van der Waals surface area contributed by atoms with Crippen molar-refractivity contribution in [2.45, 2.75) is 0 Å². The maximum Gasteiger partial charge on any atom is 0.210 e. The van der Waals surface area contributed by atoms with Gasteiger partial charge in [0, 0.05) is 0 Å². The summed E-state index contributed by atoms with van der Waals surface area (Å²) in [4.78, 5) is 11.4. The predicted octanol–water partition coefficient (Wildman–Crippen LogP) is 1.82. The lowest BCUT2D eigenvalue weighted by Gasteiger charge is -2.01. The van der Waals surface area contributed by atoms with Crippen LogP contribution in [0.2, 0.25) is 0 Å². The van der Waals surface area contributed by atoms with E-state index in [0.717, 1.165) is 5.69 Å². The molecule has 0 fully saturated rings. The van der Waals surface area contributed by atoms with Crippen LogP contribution in [0, 0.1) is 0 Å². The van der Waals surface area contributed by atoms with Gasteiger partial charge >= 0.3 is 0 Å². The Hall–Kier alpha value is -1.77. The molecular weight excluding hydrogens is 166 g/mol. The molecule has 1 aliphatic rings. The Morgan fingerprint density at radius 2 is 2.23 bits per heavy atom. The molecule has 1 heterocycles. The predicted molar refractivity (Wildman–Crippen MR) is 50.1 cm³/mol. The van der Waals surface area contributed by atoms with Gasteiger partial charge < -0.3 is 10.1 Å². The number of hydrogen-bond donors (Lipinski definition) is 1. The minimum Gasteiger partial charge on any atom is -0.497 e. The summed E-state index contributed by atoms with van der Waals surface area (Å²) in [5.41, 5.74) is 1.85. The Labute approximate surface area is 76.0 Å². The van der Waals surface area contributed by atoms with Gasteiger partial charge in [0.15, 0.2) is 0 Å². The van der Waals surface area contributed by atoms with E-state index in [4.69, 9.17) is 4.74 Å². The van der Waals surface area contributed by atoms with E-state index in [9.17, 15) is 4.79 Å². The van der Waals surface area contributed by atoms with Crippen molar-refractivity contribution in [3.05, 3.63) is 36.0 Å². The Bertz CT molecular complexity index is 396. The van der Waals surface area contributed by atoms with Crippen molar-refractivity contribution in [3.8, 4) is 5.75 Å². The van der Waals surface area contributed by atoms with Crippen LogP contribution < -0.4 is 10.1 Å². The summed E-state index contributed by atoms with van der Waals surface area (Å²) in [7, 11) is 1.57. The second-order valence-corrected chi connectivity index (χ2v) is 2.84. The quantitative estimate of drug-likeness (QED) is 0.661. The third kappa shape index (κ3) is 1.09. The van der Waals surface area contributed by atoms with Crippen LogP contribution in [0.25, 0.3) is 0 Å². The van der Waals surface area contributed by atoms with Crippen molar-refractivity contribution >= 4 is 11.5 Å². The number of methoxy groups -OCH3 is 1. The van der Waals surface area contributed by atoms with Crippen LogP contribution >= 0.6 is 0 Å². The molecule has 0 amide bonds. The normalized spacial score (nSPS) is 13.9. The standard InChI is InChI=1S/C10H9NO2/c1-6-10(12)8-5-7(13-2)3-4-9(8)11-6/h3-5,11H,1H2,2H3. The lowest BCUT2D eigenvalue weighted by atomic mass is 10.1. The molecule has 0 unspecified atom stereocenters. The van der Waals surface area contributed by atoms with Gasteiger partial charge in [-0.25, -0.2) is 0 Å². The van der Waals surface area contributed by atoms with Crippen molar-refractivity contribution in [1.82, 2.24) is 0 Å². The summed E-state index contributed by atoms with van der Waals surface area (Å²) in [6.45, 7) is 3.60. The average Bonchev–Trinajstić information content (AvgIpc) is 2.43. The zero-order valence-corrected chi connectivity index (χ0v) is 7.26. The number of ketones is 1. The van der Waals surface area contributed by atoms with Gasteiger partial charge in [-0.1, -0.05) is 6.58 Å². The second kappa shape index (κ2) is 2.62. The highest BCUT2D eigenvalue weighted by atomic mass is 16.5. The number of ether oxygens (including phenoxy) is 1. The number of fused-ring (bicyclic) bond motifs is 1. The number of allylic oxidation sites excluding steroid dienone is 1. The molecule has 0 radical (unpaired) electrons. The van der Waals surface area contributed by atoms with Gasteiger partial charge in [-0.2, -0.15) is 0 Å². The molecule has 1 aliphatic heterocycles. The van der Waals surface area contributed by atoms with Crippen LogP contribution in [0.5, 0.6) is 5.75 Å². The van der Waals surface area contributed by atoms with Crippen molar-refractivity contribution in [1.29, 1.82) is 0 Å². The van der Waals surface area contributed by atoms with Gasteiger partial charge in [0.25, 0.3) is 0 Å². The third-order valence-electron chi connectivity index (χ3n) is 2.03. The first-order chi connectivity index (χ1) is 6.22. The van der Waals surface area contributed by atoms with E-state index in [1.54, 1.807) is 19.2 Å².